The molecule has 0 radical (unpaired) electrons. The van der Waals surface area contributed by atoms with Gasteiger partial charge in [-0.2, -0.15) is 0 Å². The van der Waals surface area contributed by atoms with Gasteiger partial charge in [-0.05, 0) is 30.7 Å². The zero-order valence-corrected chi connectivity index (χ0v) is 14.8. The quantitative estimate of drug-likeness (QED) is 0.366. The molecule has 1 saturated heterocycles. The average molecular weight is 344 g/mol. The molecule has 5 nitrogen and oxygen atoms in total. The minimum atomic E-state index is -0.0400. The minimum absolute atomic E-state index is 0.0400. The van der Waals surface area contributed by atoms with Crippen LogP contribution >= 0.6 is 11.8 Å². The van der Waals surface area contributed by atoms with Crippen molar-refractivity contribution in [2.24, 2.45) is 4.99 Å². The lowest BCUT2D eigenvalue weighted by Crippen LogP contribution is -2.56. The second kappa shape index (κ2) is 9.30. The number of benzene rings is 1. The fraction of sp³-hybridized carbons (Fsp3) is 0.333. The summed E-state index contributed by atoms with van der Waals surface area (Å²) in [4.78, 5) is 16.2. The Kier molecular flexibility index (Phi) is 7.08. The minimum Gasteiger partial charge on any atom is -0.379 e. The van der Waals surface area contributed by atoms with Crippen molar-refractivity contribution in [1.29, 1.82) is 0 Å². The smallest absolute Gasteiger partial charge is 0.251 e. The Morgan fingerprint density at radius 3 is 2.58 bits per heavy atom. The third-order valence-corrected chi connectivity index (χ3v) is 4.46. The molecule has 6 heteroatoms. The van der Waals surface area contributed by atoms with E-state index >= 15 is 0 Å². The maximum absolute atomic E-state index is 12.1. The van der Waals surface area contributed by atoms with Crippen LogP contribution in [0, 0.1) is 0 Å². The van der Waals surface area contributed by atoms with Crippen LogP contribution in [0.3, 0.4) is 0 Å². The summed E-state index contributed by atoms with van der Waals surface area (Å²) in [6.45, 7) is 11.3. The molecule has 0 atom stereocenters. The first-order chi connectivity index (χ1) is 11.6. The van der Waals surface area contributed by atoms with Crippen LogP contribution in [0.15, 0.2) is 46.9 Å². The van der Waals surface area contributed by atoms with E-state index in [1.54, 1.807) is 11.8 Å². The second-order valence-corrected chi connectivity index (χ2v) is 6.37. The maximum Gasteiger partial charge on any atom is 0.251 e. The summed E-state index contributed by atoms with van der Waals surface area (Å²) < 4.78 is 0. The molecule has 0 unspecified atom stereocenters. The highest BCUT2D eigenvalue weighted by atomic mass is 32.2. The number of carbonyl (C=O) groups excluding carboxylic acids is 1. The third-order valence-electron chi connectivity index (χ3n) is 3.76. The van der Waals surface area contributed by atoms with Crippen LogP contribution in [0.1, 0.15) is 29.3 Å². The first-order valence-corrected chi connectivity index (χ1v) is 9.01. The van der Waals surface area contributed by atoms with Crippen LogP contribution in [0.2, 0.25) is 0 Å². The van der Waals surface area contributed by atoms with Crippen LogP contribution < -0.4 is 16.0 Å². The van der Waals surface area contributed by atoms with Gasteiger partial charge in [0.05, 0.1) is 17.6 Å². The van der Waals surface area contributed by atoms with E-state index in [1.165, 1.54) is 0 Å². The Morgan fingerprint density at radius 2 is 2.04 bits per heavy atom. The largest absolute Gasteiger partial charge is 0.379 e. The standard InChI is InChI=1S/C18H24N4OS/c1-4-13(2)21-12-24-11-17(19-3)14-5-7-15(8-6-14)18(23)22-16-9-20-10-16/h5-8,11,16,20-21H,2-4,9-10,12H2,1H3,(H,22,23)/b17-11-. The highest BCUT2D eigenvalue weighted by molar-refractivity contribution is 8.02. The van der Waals surface area contributed by atoms with Crippen molar-refractivity contribution < 1.29 is 4.79 Å². The molecule has 128 valence electrons. The molecule has 2 rings (SSSR count). The molecule has 0 aliphatic carbocycles. The first kappa shape index (κ1) is 18.3. The number of nitrogens with zero attached hydrogens (tertiary/aromatic N) is 1. The van der Waals surface area contributed by atoms with Gasteiger partial charge in [0.25, 0.3) is 5.91 Å². The van der Waals surface area contributed by atoms with E-state index in [-0.39, 0.29) is 11.9 Å². The van der Waals surface area contributed by atoms with Crippen molar-refractivity contribution in [2.45, 2.75) is 19.4 Å². The van der Waals surface area contributed by atoms with Gasteiger partial charge < -0.3 is 16.0 Å². The molecule has 3 N–H and O–H groups in total. The topological polar surface area (TPSA) is 65.5 Å². The molecule has 0 aromatic heterocycles. The molecule has 1 aliphatic heterocycles. The van der Waals surface area contributed by atoms with Crippen molar-refractivity contribution in [2.75, 3.05) is 19.0 Å². The van der Waals surface area contributed by atoms with E-state index in [0.717, 1.165) is 42.3 Å². The van der Waals surface area contributed by atoms with Crippen molar-refractivity contribution in [3.05, 3.63) is 53.1 Å². The van der Waals surface area contributed by atoms with Gasteiger partial charge in [-0.3, -0.25) is 9.79 Å². The second-order valence-electron chi connectivity index (χ2n) is 5.51. The summed E-state index contributed by atoms with van der Waals surface area (Å²) in [6.07, 6.45) is 0.914. The molecule has 0 saturated carbocycles. The van der Waals surface area contributed by atoms with Gasteiger partial charge in [0.2, 0.25) is 0 Å². The Bertz CT molecular complexity index is 620. The van der Waals surface area contributed by atoms with Gasteiger partial charge in [-0.1, -0.05) is 25.6 Å². The Balaban J connectivity index is 1.92. The number of allylic oxidation sites excluding steroid dienone is 1. The van der Waals surface area contributed by atoms with Gasteiger partial charge in [0.1, 0.15) is 0 Å². The average Bonchev–Trinajstić information content (AvgIpc) is 2.58. The van der Waals surface area contributed by atoms with Crippen LogP contribution in [0.4, 0.5) is 0 Å². The number of thioether (sulfide) groups is 1. The molecule has 24 heavy (non-hydrogen) atoms. The summed E-state index contributed by atoms with van der Waals surface area (Å²) in [5.41, 5.74) is 3.40. The lowest BCUT2D eigenvalue weighted by Gasteiger charge is -2.27. The van der Waals surface area contributed by atoms with E-state index in [4.69, 9.17) is 0 Å². The normalized spacial score (nSPS) is 14.6. The number of nitrogens with one attached hydrogen (secondary N) is 3. The van der Waals surface area contributed by atoms with Crippen LogP contribution in [-0.2, 0) is 0 Å². The zero-order valence-electron chi connectivity index (χ0n) is 14.0. The molecular weight excluding hydrogens is 320 g/mol. The van der Waals surface area contributed by atoms with Crippen molar-refractivity contribution in [1.82, 2.24) is 16.0 Å². The molecule has 1 aromatic rings. The van der Waals surface area contributed by atoms with Crippen LogP contribution in [-0.4, -0.2) is 37.6 Å². The van der Waals surface area contributed by atoms with E-state index in [1.807, 2.05) is 29.7 Å². The summed E-state index contributed by atoms with van der Waals surface area (Å²) in [6, 6.07) is 7.67. The van der Waals surface area contributed by atoms with Crippen molar-refractivity contribution in [3.63, 3.8) is 0 Å². The van der Waals surface area contributed by atoms with E-state index in [2.05, 4.69) is 41.2 Å². The molecule has 1 heterocycles. The Labute approximate surface area is 147 Å². The molecule has 0 bridgehead atoms. The summed E-state index contributed by atoms with van der Waals surface area (Å²) in [7, 11) is 0. The molecule has 1 aliphatic rings. The number of rotatable bonds is 9. The maximum atomic E-state index is 12.1. The highest BCUT2D eigenvalue weighted by Crippen LogP contribution is 2.20. The summed E-state index contributed by atoms with van der Waals surface area (Å²) >= 11 is 1.60. The number of hydrogen-bond donors (Lipinski definition) is 3. The number of amides is 1. The van der Waals surface area contributed by atoms with Gasteiger partial charge in [-0.15, -0.1) is 11.8 Å². The number of aliphatic imine (C=N–C) groups is 1. The van der Waals surface area contributed by atoms with Crippen molar-refractivity contribution in [3.8, 4) is 0 Å². The van der Waals surface area contributed by atoms with E-state index < -0.39 is 0 Å². The monoisotopic (exact) mass is 344 g/mol. The molecule has 1 fully saturated rings. The Hall–Kier alpha value is -2.05. The van der Waals surface area contributed by atoms with E-state index in [0.29, 0.717) is 5.56 Å². The van der Waals surface area contributed by atoms with Crippen LogP contribution in [0.5, 0.6) is 0 Å². The molecule has 0 spiro atoms. The summed E-state index contributed by atoms with van der Waals surface area (Å²) in [5, 5.41) is 11.3. The summed E-state index contributed by atoms with van der Waals surface area (Å²) in [5.74, 6) is 0.698. The third kappa shape index (κ3) is 5.25. The zero-order chi connectivity index (χ0) is 17.4. The lowest BCUT2D eigenvalue weighted by molar-refractivity contribution is 0.0924. The van der Waals surface area contributed by atoms with Gasteiger partial charge in [-0.25, -0.2) is 0 Å². The Morgan fingerprint density at radius 1 is 1.38 bits per heavy atom. The van der Waals surface area contributed by atoms with Gasteiger partial charge in [0.15, 0.2) is 0 Å². The molecular formula is C18H24N4OS. The SMILES string of the molecule is C=N/C(=C\SCNC(=C)CC)c1ccc(C(=O)NC2CNC2)cc1. The lowest BCUT2D eigenvalue weighted by atomic mass is 10.1. The van der Waals surface area contributed by atoms with Crippen molar-refractivity contribution >= 4 is 30.1 Å². The predicted octanol–water partition coefficient (Wildman–Crippen LogP) is 2.59. The fourth-order valence-corrected chi connectivity index (χ4v) is 2.78. The first-order valence-electron chi connectivity index (χ1n) is 7.96. The van der Waals surface area contributed by atoms with Crippen LogP contribution in [0.25, 0.3) is 5.70 Å². The fourth-order valence-electron chi connectivity index (χ4n) is 2.04. The van der Waals surface area contributed by atoms with E-state index in [9.17, 15) is 4.79 Å². The molecule has 1 amide bonds. The van der Waals surface area contributed by atoms with Gasteiger partial charge >= 0.3 is 0 Å². The van der Waals surface area contributed by atoms with Gasteiger partial charge in [0, 0.05) is 29.9 Å². The number of hydrogen-bond acceptors (Lipinski definition) is 5. The number of carbonyl (C=O) groups is 1. The predicted molar refractivity (Wildman–Crippen MR) is 103 cm³/mol. The molecule has 1 aromatic carbocycles. The highest BCUT2D eigenvalue weighted by Gasteiger charge is 2.19.